The van der Waals surface area contributed by atoms with Crippen LogP contribution in [0.15, 0.2) is 0 Å². The standard InChI is InChI=1S/C5H11NO2S.C4H7NO4.Zn/c1-9-3-2-4(6)5(7)8;5-2(4(8)9)1-3(6)7;/h4H,2-3,6H2,1H3,(H,7,8);2H,1,5H2,(H,6,7)(H,8,9);/q;;+2. The van der Waals surface area contributed by atoms with Gasteiger partial charge >= 0.3 is 37.4 Å². The van der Waals surface area contributed by atoms with E-state index in [1.54, 1.807) is 11.8 Å². The number of rotatable bonds is 7. The van der Waals surface area contributed by atoms with Gasteiger partial charge in [0.05, 0.1) is 6.42 Å². The summed E-state index contributed by atoms with van der Waals surface area (Å²) in [5, 5.41) is 24.3. The monoisotopic (exact) mass is 346 g/mol. The fraction of sp³-hybridized carbons (Fsp3) is 0.667. The van der Waals surface area contributed by atoms with Crippen LogP contribution in [0.4, 0.5) is 0 Å². The number of hydrogen-bond acceptors (Lipinski definition) is 6. The number of carbonyl (C=O) groups is 3. The maximum absolute atomic E-state index is 10.1. The first kappa shape index (κ1) is 23.4. The van der Waals surface area contributed by atoms with Crippen LogP contribution in [0.5, 0.6) is 0 Å². The van der Waals surface area contributed by atoms with E-state index in [9.17, 15) is 14.4 Å². The molecule has 2 unspecified atom stereocenters. The molecule has 0 aromatic rings. The molecule has 0 aromatic carbocycles. The largest absolute Gasteiger partial charge is 2.00 e. The summed E-state index contributed by atoms with van der Waals surface area (Å²) in [5.74, 6) is -2.60. The minimum atomic E-state index is -1.29. The van der Waals surface area contributed by atoms with Crippen molar-refractivity contribution in [2.75, 3.05) is 12.0 Å². The Labute approximate surface area is 127 Å². The van der Waals surface area contributed by atoms with Crippen molar-refractivity contribution in [3.8, 4) is 0 Å². The van der Waals surface area contributed by atoms with Crippen LogP contribution in [0.3, 0.4) is 0 Å². The van der Waals surface area contributed by atoms with Crippen molar-refractivity contribution in [2.45, 2.75) is 24.9 Å². The number of carboxylic acids is 3. The predicted octanol–water partition coefficient (Wildman–Crippen LogP) is -0.978. The van der Waals surface area contributed by atoms with Gasteiger partial charge in [-0.3, -0.25) is 14.4 Å². The molecule has 8 nitrogen and oxygen atoms in total. The van der Waals surface area contributed by atoms with Crippen molar-refractivity contribution in [1.82, 2.24) is 0 Å². The first-order chi connectivity index (χ1) is 8.22. The first-order valence-electron chi connectivity index (χ1n) is 4.89. The number of nitrogens with two attached hydrogens (primary N) is 2. The average Bonchev–Trinajstić information content (AvgIpc) is 2.25. The minimum Gasteiger partial charge on any atom is -0.481 e. The van der Waals surface area contributed by atoms with Gasteiger partial charge in [0.1, 0.15) is 12.1 Å². The number of aliphatic carboxylic acids is 3. The zero-order valence-corrected chi connectivity index (χ0v) is 14.4. The van der Waals surface area contributed by atoms with Crippen LogP contribution in [-0.2, 0) is 33.9 Å². The number of hydrogen-bond donors (Lipinski definition) is 5. The summed E-state index contributed by atoms with van der Waals surface area (Å²) in [4.78, 5) is 29.7. The summed E-state index contributed by atoms with van der Waals surface area (Å²) in [6.07, 6.45) is 1.94. The smallest absolute Gasteiger partial charge is 0.481 e. The van der Waals surface area contributed by atoms with E-state index >= 15 is 0 Å². The number of thioether (sulfide) groups is 1. The Balaban J connectivity index is -0.000000256. The fourth-order valence-corrected chi connectivity index (χ4v) is 1.13. The Morgan fingerprint density at radius 2 is 1.47 bits per heavy atom. The summed E-state index contributed by atoms with van der Waals surface area (Å²) < 4.78 is 0. The van der Waals surface area contributed by atoms with E-state index in [0.29, 0.717) is 6.42 Å². The minimum absolute atomic E-state index is 0. The topological polar surface area (TPSA) is 164 Å². The van der Waals surface area contributed by atoms with Gasteiger partial charge in [-0.2, -0.15) is 11.8 Å². The van der Waals surface area contributed by atoms with Gasteiger partial charge in [0, 0.05) is 0 Å². The molecule has 0 saturated heterocycles. The van der Waals surface area contributed by atoms with Crippen molar-refractivity contribution < 1.29 is 49.2 Å². The Morgan fingerprint density at radius 1 is 1.05 bits per heavy atom. The Hall–Kier alpha value is -0.697. The molecule has 10 heteroatoms. The second-order valence-corrected chi connectivity index (χ2v) is 4.25. The van der Waals surface area contributed by atoms with Gasteiger partial charge in [0.25, 0.3) is 0 Å². The molecule has 0 heterocycles. The molecule has 0 bridgehead atoms. The zero-order chi connectivity index (χ0) is 14.7. The van der Waals surface area contributed by atoms with E-state index < -0.39 is 36.4 Å². The van der Waals surface area contributed by atoms with Gasteiger partial charge < -0.3 is 26.8 Å². The second-order valence-electron chi connectivity index (χ2n) is 3.27. The van der Waals surface area contributed by atoms with Crippen molar-refractivity contribution in [3.63, 3.8) is 0 Å². The van der Waals surface area contributed by atoms with Crippen molar-refractivity contribution in [1.29, 1.82) is 0 Å². The molecule has 2 atom stereocenters. The van der Waals surface area contributed by atoms with E-state index in [-0.39, 0.29) is 19.5 Å². The molecule has 0 aromatic heterocycles. The molecular weight excluding hydrogens is 330 g/mol. The first-order valence-corrected chi connectivity index (χ1v) is 6.29. The van der Waals surface area contributed by atoms with Crippen LogP contribution in [0.2, 0.25) is 0 Å². The normalized spacial score (nSPS) is 12.2. The summed E-state index contributed by atoms with van der Waals surface area (Å²) in [5.41, 5.74) is 10.0. The molecular formula is C9H18N2O6SZn+2. The third-order valence-electron chi connectivity index (χ3n) is 1.66. The molecule has 0 aliphatic rings. The second kappa shape index (κ2) is 13.7. The molecule has 0 fully saturated rings. The van der Waals surface area contributed by atoms with Gasteiger partial charge in [-0.1, -0.05) is 0 Å². The summed E-state index contributed by atoms with van der Waals surface area (Å²) in [7, 11) is 0. The molecule has 0 saturated carbocycles. The number of carboxylic acid groups (broad SMARTS) is 3. The van der Waals surface area contributed by atoms with E-state index in [2.05, 4.69) is 0 Å². The molecule has 0 amide bonds. The molecule has 0 rings (SSSR count). The SMILES string of the molecule is CSCCC(N)C(=O)O.NC(CC(=O)O)C(=O)O.[Zn+2]. The summed E-state index contributed by atoms with van der Waals surface area (Å²) in [6.45, 7) is 0. The van der Waals surface area contributed by atoms with Crippen LogP contribution < -0.4 is 11.5 Å². The molecule has 0 spiro atoms. The Kier molecular flexibility index (Phi) is 16.9. The maximum atomic E-state index is 10.1. The summed E-state index contributed by atoms with van der Waals surface area (Å²) in [6, 6.07) is -1.97. The third-order valence-corrected chi connectivity index (χ3v) is 2.31. The average molecular weight is 348 g/mol. The fourth-order valence-electron chi connectivity index (χ4n) is 0.644. The molecule has 106 valence electrons. The van der Waals surface area contributed by atoms with Crippen LogP contribution >= 0.6 is 11.8 Å². The van der Waals surface area contributed by atoms with E-state index in [4.69, 9.17) is 26.8 Å². The predicted molar refractivity (Wildman–Crippen MR) is 66.5 cm³/mol. The van der Waals surface area contributed by atoms with Gasteiger partial charge in [0.2, 0.25) is 0 Å². The van der Waals surface area contributed by atoms with E-state index in [1.807, 2.05) is 6.26 Å². The van der Waals surface area contributed by atoms with Gasteiger partial charge in [-0.05, 0) is 18.4 Å². The van der Waals surface area contributed by atoms with Gasteiger partial charge in [-0.25, -0.2) is 0 Å². The third kappa shape index (κ3) is 17.3. The van der Waals surface area contributed by atoms with Crippen LogP contribution in [0.25, 0.3) is 0 Å². The molecule has 0 aliphatic carbocycles. The van der Waals surface area contributed by atoms with Gasteiger partial charge in [0.15, 0.2) is 0 Å². The summed E-state index contributed by atoms with van der Waals surface area (Å²) >= 11 is 1.60. The van der Waals surface area contributed by atoms with Crippen LogP contribution in [0.1, 0.15) is 12.8 Å². The van der Waals surface area contributed by atoms with Crippen molar-refractivity contribution >= 4 is 29.7 Å². The van der Waals surface area contributed by atoms with Gasteiger partial charge in [-0.15, -0.1) is 0 Å². The van der Waals surface area contributed by atoms with Crippen molar-refractivity contribution in [3.05, 3.63) is 0 Å². The van der Waals surface area contributed by atoms with Crippen molar-refractivity contribution in [2.24, 2.45) is 11.5 Å². The van der Waals surface area contributed by atoms with Crippen LogP contribution in [0, 0.1) is 0 Å². The van der Waals surface area contributed by atoms with E-state index in [1.165, 1.54) is 0 Å². The van der Waals surface area contributed by atoms with Crippen LogP contribution in [-0.4, -0.2) is 57.3 Å². The zero-order valence-electron chi connectivity index (χ0n) is 10.6. The molecule has 19 heavy (non-hydrogen) atoms. The Morgan fingerprint density at radius 3 is 1.68 bits per heavy atom. The maximum Gasteiger partial charge on any atom is 2.00 e. The molecule has 0 aliphatic heterocycles. The quantitative estimate of drug-likeness (QED) is 0.364. The molecule has 7 N–H and O–H groups in total. The molecule has 0 radical (unpaired) electrons. The van der Waals surface area contributed by atoms with E-state index in [0.717, 1.165) is 5.75 Å². The Bertz CT molecular complexity index is 292.